The van der Waals surface area contributed by atoms with Crippen LogP contribution in [0.15, 0.2) is 59.4 Å². The van der Waals surface area contributed by atoms with E-state index in [1.165, 1.54) is 0 Å². The molecule has 5 rings (SSSR count). The number of carbonyl (C=O) groups excluding carboxylic acids is 1. The van der Waals surface area contributed by atoms with Crippen molar-refractivity contribution in [3.8, 4) is 11.3 Å². The maximum atomic E-state index is 12.4. The Morgan fingerprint density at radius 3 is 2.89 bits per heavy atom. The van der Waals surface area contributed by atoms with Crippen molar-refractivity contribution in [2.45, 2.75) is 6.42 Å². The van der Waals surface area contributed by atoms with Gasteiger partial charge in [0.2, 0.25) is 0 Å². The van der Waals surface area contributed by atoms with Crippen LogP contribution in [0.1, 0.15) is 16.1 Å². The van der Waals surface area contributed by atoms with Gasteiger partial charge in [-0.1, -0.05) is 17.3 Å². The molecule has 28 heavy (non-hydrogen) atoms. The van der Waals surface area contributed by atoms with Gasteiger partial charge in [0, 0.05) is 28.9 Å². The third-order valence-corrected chi connectivity index (χ3v) is 4.72. The molecule has 0 atom stereocenters. The Morgan fingerprint density at radius 2 is 1.93 bits per heavy atom. The summed E-state index contributed by atoms with van der Waals surface area (Å²) < 4.78 is 5.36. The Bertz CT molecular complexity index is 1280. The average molecular weight is 372 g/mol. The standard InChI is InChI=1S/C20H16N6O2/c27-20(21-7-6-12-2-1-3-17-15(12)11-23-25-17)18-9-19(28-26-18)13-4-5-16-14(8-13)10-22-24-16/h1-5,8-11H,6-7H2,(H,21,27)(H,22,24)(H,23,25). The summed E-state index contributed by atoms with van der Waals surface area (Å²) >= 11 is 0. The number of rotatable bonds is 5. The lowest BCUT2D eigenvalue weighted by molar-refractivity contribution is 0.0945. The van der Waals surface area contributed by atoms with Gasteiger partial charge in [0.25, 0.3) is 5.91 Å². The van der Waals surface area contributed by atoms with E-state index in [4.69, 9.17) is 4.52 Å². The first-order valence-electron chi connectivity index (χ1n) is 8.87. The molecule has 138 valence electrons. The number of aromatic nitrogens is 5. The van der Waals surface area contributed by atoms with Crippen molar-refractivity contribution in [3.63, 3.8) is 0 Å². The van der Waals surface area contributed by atoms with E-state index >= 15 is 0 Å². The SMILES string of the molecule is O=C(NCCc1cccc2[nH]ncc12)c1cc(-c2ccc3[nH]ncc3c2)on1. The molecule has 5 aromatic rings. The van der Waals surface area contributed by atoms with E-state index in [2.05, 4.69) is 30.9 Å². The minimum atomic E-state index is -0.265. The fourth-order valence-electron chi connectivity index (χ4n) is 3.26. The van der Waals surface area contributed by atoms with Crippen LogP contribution in [0.5, 0.6) is 0 Å². The van der Waals surface area contributed by atoms with E-state index < -0.39 is 0 Å². The molecule has 0 spiro atoms. The minimum Gasteiger partial charge on any atom is -0.355 e. The van der Waals surface area contributed by atoms with Crippen LogP contribution in [0.4, 0.5) is 0 Å². The Morgan fingerprint density at radius 1 is 1.04 bits per heavy atom. The number of fused-ring (bicyclic) bond motifs is 2. The van der Waals surface area contributed by atoms with E-state index in [0.29, 0.717) is 18.7 Å². The van der Waals surface area contributed by atoms with Gasteiger partial charge >= 0.3 is 0 Å². The molecule has 8 heteroatoms. The molecule has 0 aliphatic carbocycles. The van der Waals surface area contributed by atoms with Gasteiger partial charge in [-0.3, -0.25) is 15.0 Å². The van der Waals surface area contributed by atoms with Crippen LogP contribution in [0.3, 0.4) is 0 Å². The minimum absolute atomic E-state index is 0.254. The summed E-state index contributed by atoms with van der Waals surface area (Å²) in [5.74, 6) is 0.273. The van der Waals surface area contributed by atoms with Gasteiger partial charge < -0.3 is 9.84 Å². The molecule has 3 aromatic heterocycles. The number of nitrogens with one attached hydrogen (secondary N) is 3. The number of nitrogens with zero attached hydrogens (tertiary/aromatic N) is 3. The molecule has 0 bridgehead atoms. The Labute approximate surface area is 158 Å². The van der Waals surface area contributed by atoms with E-state index in [1.54, 1.807) is 18.5 Å². The Balaban J connectivity index is 1.26. The highest BCUT2D eigenvalue weighted by Crippen LogP contribution is 2.24. The lowest BCUT2D eigenvalue weighted by Crippen LogP contribution is -2.25. The lowest BCUT2D eigenvalue weighted by Gasteiger charge is -2.04. The molecule has 3 N–H and O–H groups in total. The highest BCUT2D eigenvalue weighted by atomic mass is 16.5. The van der Waals surface area contributed by atoms with Crippen LogP contribution in [-0.2, 0) is 6.42 Å². The smallest absolute Gasteiger partial charge is 0.273 e. The van der Waals surface area contributed by atoms with Gasteiger partial charge in [-0.2, -0.15) is 10.2 Å². The zero-order valence-corrected chi connectivity index (χ0v) is 14.8. The quantitative estimate of drug-likeness (QED) is 0.439. The number of H-pyrrole nitrogens is 2. The largest absolute Gasteiger partial charge is 0.355 e. The molecule has 0 aliphatic heterocycles. The summed E-state index contributed by atoms with van der Waals surface area (Å²) in [6.07, 6.45) is 4.24. The molecule has 0 aliphatic rings. The molecule has 3 heterocycles. The average Bonchev–Trinajstić information content (AvgIpc) is 3.47. The van der Waals surface area contributed by atoms with E-state index in [-0.39, 0.29) is 11.6 Å². The number of aromatic amines is 2. The number of amides is 1. The second-order valence-electron chi connectivity index (χ2n) is 6.50. The number of hydrogen-bond donors (Lipinski definition) is 3. The molecule has 0 radical (unpaired) electrons. The molecule has 0 saturated heterocycles. The van der Waals surface area contributed by atoms with Crippen LogP contribution < -0.4 is 5.32 Å². The molecular weight excluding hydrogens is 356 g/mol. The number of carbonyl (C=O) groups is 1. The molecule has 2 aromatic carbocycles. The van der Waals surface area contributed by atoms with Crippen molar-refractivity contribution < 1.29 is 9.32 Å². The zero-order valence-electron chi connectivity index (χ0n) is 14.8. The predicted octanol–water partition coefficient (Wildman–Crippen LogP) is 3.07. The van der Waals surface area contributed by atoms with E-state index in [0.717, 1.165) is 32.9 Å². The molecule has 0 fully saturated rings. The van der Waals surface area contributed by atoms with Gasteiger partial charge in [-0.25, -0.2) is 0 Å². The topological polar surface area (TPSA) is 112 Å². The molecule has 0 saturated carbocycles. The van der Waals surface area contributed by atoms with Crippen molar-refractivity contribution in [3.05, 3.63) is 66.1 Å². The Kier molecular flexibility index (Phi) is 3.86. The predicted molar refractivity (Wildman–Crippen MR) is 104 cm³/mol. The van der Waals surface area contributed by atoms with Crippen LogP contribution in [-0.4, -0.2) is 38.0 Å². The van der Waals surface area contributed by atoms with Crippen molar-refractivity contribution in [1.82, 2.24) is 30.9 Å². The van der Waals surface area contributed by atoms with E-state index in [1.807, 2.05) is 36.4 Å². The van der Waals surface area contributed by atoms with Gasteiger partial charge in [-0.15, -0.1) is 0 Å². The van der Waals surface area contributed by atoms with Crippen molar-refractivity contribution in [2.75, 3.05) is 6.54 Å². The summed E-state index contributed by atoms with van der Waals surface area (Å²) in [5, 5.41) is 22.7. The number of benzene rings is 2. The first-order valence-corrected chi connectivity index (χ1v) is 8.87. The second kappa shape index (κ2) is 6.66. The van der Waals surface area contributed by atoms with Crippen molar-refractivity contribution in [1.29, 1.82) is 0 Å². The zero-order chi connectivity index (χ0) is 18.9. The fraction of sp³-hybridized carbons (Fsp3) is 0.100. The van der Waals surface area contributed by atoms with Crippen molar-refractivity contribution in [2.24, 2.45) is 0 Å². The number of hydrogen-bond acceptors (Lipinski definition) is 5. The normalized spacial score (nSPS) is 11.3. The third kappa shape index (κ3) is 2.90. The molecule has 1 amide bonds. The van der Waals surface area contributed by atoms with Crippen LogP contribution in [0.25, 0.3) is 33.1 Å². The summed E-state index contributed by atoms with van der Waals surface area (Å²) in [7, 11) is 0. The second-order valence-corrected chi connectivity index (χ2v) is 6.50. The van der Waals surface area contributed by atoms with Crippen LogP contribution >= 0.6 is 0 Å². The first-order chi connectivity index (χ1) is 13.8. The highest BCUT2D eigenvalue weighted by Gasteiger charge is 2.14. The molecular formula is C20H16N6O2. The van der Waals surface area contributed by atoms with Gasteiger partial charge in [0.1, 0.15) is 0 Å². The molecule has 0 unspecified atom stereocenters. The van der Waals surface area contributed by atoms with Gasteiger partial charge in [-0.05, 0) is 36.2 Å². The lowest BCUT2D eigenvalue weighted by atomic mass is 10.1. The summed E-state index contributed by atoms with van der Waals surface area (Å²) in [5.41, 5.74) is 4.14. The third-order valence-electron chi connectivity index (χ3n) is 4.72. The fourth-order valence-corrected chi connectivity index (χ4v) is 3.26. The van der Waals surface area contributed by atoms with Crippen LogP contribution in [0.2, 0.25) is 0 Å². The maximum absolute atomic E-state index is 12.4. The summed E-state index contributed by atoms with van der Waals surface area (Å²) in [4.78, 5) is 12.4. The van der Waals surface area contributed by atoms with Gasteiger partial charge in [0.05, 0.1) is 23.4 Å². The molecule has 8 nitrogen and oxygen atoms in total. The first kappa shape index (κ1) is 16.2. The monoisotopic (exact) mass is 372 g/mol. The van der Waals surface area contributed by atoms with E-state index in [9.17, 15) is 4.79 Å². The van der Waals surface area contributed by atoms with Gasteiger partial charge in [0.15, 0.2) is 11.5 Å². The van der Waals surface area contributed by atoms with Crippen molar-refractivity contribution >= 4 is 27.7 Å². The highest BCUT2D eigenvalue weighted by molar-refractivity contribution is 5.93. The summed E-state index contributed by atoms with van der Waals surface area (Å²) in [6.45, 7) is 0.492. The Hall–Kier alpha value is -3.94. The maximum Gasteiger partial charge on any atom is 0.273 e. The van der Waals surface area contributed by atoms with Crippen LogP contribution in [0, 0.1) is 0 Å². The summed E-state index contributed by atoms with van der Waals surface area (Å²) in [6, 6.07) is 13.4.